The van der Waals surface area contributed by atoms with Crippen LogP contribution in [0, 0.1) is 11.8 Å². The van der Waals surface area contributed by atoms with Crippen LogP contribution in [0.25, 0.3) is 0 Å². The maximum atomic E-state index is 12.9. The topological polar surface area (TPSA) is 237 Å². The number of aliphatic hydroxyl groups is 1. The fourth-order valence-corrected chi connectivity index (χ4v) is 10.3. The first-order valence-corrected chi connectivity index (χ1v) is 34.6. The summed E-state index contributed by atoms with van der Waals surface area (Å²) in [5, 5.41) is 10.5. The lowest BCUT2D eigenvalue weighted by atomic mass is 9.99. The molecular formula is C60H116O17P2. The van der Waals surface area contributed by atoms with Gasteiger partial charge in [0.05, 0.1) is 26.4 Å². The van der Waals surface area contributed by atoms with Crippen molar-refractivity contribution in [2.75, 3.05) is 39.6 Å². The highest BCUT2D eigenvalue weighted by atomic mass is 31.2. The first-order valence-electron chi connectivity index (χ1n) is 31.6. The van der Waals surface area contributed by atoms with Gasteiger partial charge in [-0.3, -0.25) is 37.3 Å². The second-order valence-corrected chi connectivity index (χ2v) is 25.1. The van der Waals surface area contributed by atoms with Gasteiger partial charge in [-0.15, -0.1) is 0 Å². The molecule has 0 saturated carbocycles. The summed E-state index contributed by atoms with van der Waals surface area (Å²) in [7, 11) is -9.87. The number of phosphoric ester groups is 2. The monoisotopic (exact) mass is 1170 g/mol. The lowest BCUT2D eigenvalue weighted by molar-refractivity contribution is -0.161. The number of unbranched alkanes of at least 4 members (excludes halogenated alkanes) is 27. The molecule has 0 aliphatic carbocycles. The molecule has 0 aliphatic rings. The molecule has 0 rings (SSSR count). The van der Waals surface area contributed by atoms with E-state index < -0.39 is 97.5 Å². The van der Waals surface area contributed by atoms with E-state index in [2.05, 4.69) is 41.5 Å². The van der Waals surface area contributed by atoms with E-state index in [1.165, 1.54) is 89.9 Å². The highest BCUT2D eigenvalue weighted by Gasteiger charge is 2.30. The van der Waals surface area contributed by atoms with Crippen molar-refractivity contribution >= 4 is 39.5 Å². The van der Waals surface area contributed by atoms with Crippen molar-refractivity contribution < 1.29 is 80.2 Å². The van der Waals surface area contributed by atoms with E-state index in [4.69, 9.17) is 37.0 Å². The molecular weight excluding hydrogens is 1050 g/mol. The molecule has 3 N–H and O–H groups in total. The Morgan fingerprint density at radius 2 is 0.608 bits per heavy atom. The Balaban J connectivity index is 5.22. The van der Waals surface area contributed by atoms with Crippen LogP contribution < -0.4 is 0 Å². The van der Waals surface area contributed by atoms with E-state index >= 15 is 0 Å². The maximum Gasteiger partial charge on any atom is 0.472 e. The molecule has 0 fully saturated rings. The number of rotatable bonds is 59. The SMILES string of the molecule is CCCCCCCCCCC(=O)O[C@H](COC(=O)CCCCCCCCC)COP(=O)(O)OC[C@H](O)COP(=O)(O)OC[C@@H](COC(=O)CCCCCCCCCCC(C)CC)OC(=O)CCCCCCCCCCC(C)CC. The van der Waals surface area contributed by atoms with E-state index in [0.29, 0.717) is 25.7 Å². The van der Waals surface area contributed by atoms with Gasteiger partial charge in [0, 0.05) is 25.7 Å². The highest BCUT2D eigenvalue weighted by Crippen LogP contribution is 2.45. The summed E-state index contributed by atoms with van der Waals surface area (Å²) >= 11 is 0. The Labute approximate surface area is 479 Å². The van der Waals surface area contributed by atoms with Crippen LogP contribution in [0.3, 0.4) is 0 Å². The molecule has 0 radical (unpaired) electrons. The summed E-state index contributed by atoms with van der Waals surface area (Å²) in [6, 6.07) is 0. The fraction of sp³-hybridized carbons (Fsp3) is 0.933. The van der Waals surface area contributed by atoms with Gasteiger partial charge in [-0.2, -0.15) is 0 Å². The Morgan fingerprint density at radius 1 is 0.354 bits per heavy atom. The Morgan fingerprint density at radius 3 is 0.899 bits per heavy atom. The zero-order valence-electron chi connectivity index (χ0n) is 50.7. The molecule has 79 heavy (non-hydrogen) atoms. The number of aliphatic hydroxyl groups excluding tert-OH is 1. The van der Waals surface area contributed by atoms with Gasteiger partial charge in [0.1, 0.15) is 19.3 Å². The molecule has 19 heteroatoms. The Kier molecular flexibility index (Phi) is 51.5. The van der Waals surface area contributed by atoms with Crippen LogP contribution in [0.1, 0.15) is 292 Å². The van der Waals surface area contributed by atoms with Gasteiger partial charge in [0.25, 0.3) is 0 Å². The summed E-state index contributed by atoms with van der Waals surface area (Å²) in [4.78, 5) is 71.8. The summed E-state index contributed by atoms with van der Waals surface area (Å²) in [6.07, 6.45) is 33.5. The Hall–Kier alpha value is -1.94. The smallest absolute Gasteiger partial charge is 0.462 e. The van der Waals surface area contributed by atoms with Gasteiger partial charge in [0.15, 0.2) is 12.2 Å². The van der Waals surface area contributed by atoms with Crippen molar-refractivity contribution in [2.24, 2.45) is 11.8 Å². The standard InChI is InChI=1S/C60H116O17P2/c1-7-11-13-15-17-25-32-38-44-59(64)76-55(48-70-57(62)42-36-30-22-16-14-12-8-2)50-74-78(66,67)72-46-54(61)47-73-79(68,69)75-51-56(77-60(65)45-39-33-27-21-19-24-29-35-41-53(6)10-4)49-71-58(63)43-37-31-26-20-18-23-28-34-40-52(5)9-3/h52-56,61H,7-51H2,1-6H3,(H,66,67)(H,68,69)/t52?,53?,54-,55+,56+/m0/s1. The van der Waals surface area contributed by atoms with Gasteiger partial charge in [-0.05, 0) is 37.5 Å². The van der Waals surface area contributed by atoms with Gasteiger partial charge >= 0.3 is 39.5 Å². The molecule has 4 unspecified atom stereocenters. The van der Waals surface area contributed by atoms with E-state index in [1.807, 2.05) is 0 Å². The molecule has 0 saturated heterocycles. The number of carbonyl (C=O) groups excluding carboxylic acids is 4. The molecule has 0 aromatic heterocycles. The van der Waals surface area contributed by atoms with E-state index in [-0.39, 0.29) is 25.7 Å². The third-order valence-electron chi connectivity index (χ3n) is 14.4. The summed E-state index contributed by atoms with van der Waals surface area (Å²) in [5.74, 6) is -0.600. The van der Waals surface area contributed by atoms with Crippen LogP contribution in [0.5, 0.6) is 0 Å². The molecule has 0 heterocycles. The van der Waals surface area contributed by atoms with Crippen LogP contribution in [0.2, 0.25) is 0 Å². The van der Waals surface area contributed by atoms with Crippen molar-refractivity contribution in [3.8, 4) is 0 Å². The minimum absolute atomic E-state index is 0.104. The number of hydrogen-bond acceptors (Lipinski definition) is 15. The largest absolute Gasteiger partial charge is 0.472 e. The van der Waals surface area contributed by atoms with Crippen molar-refractivity contribution in [1.29, 1.82) is 0 Å². The molecule has 0 amide bonds. The minimum atomic E-state index is -4.94. The number of phosphoric acid groups is 2. The van der Waals surface area contributed by atoms with Crippen molar-refractivity contribution in [3.05, 3.63) is 0 Å². The predicted octanol–water partition coefficient (Wildman–Crippen LogP) is 16.1. The summed E-state index contributed by atoms with van der Waals surface area (Å²) in [5.41, 5.74) is 0. The average molecular weight is 1170 g/mol. The molecule has 7 atom stereocenters. The van der Waals surface area contributed by atoms with Crippen LogP contribution >= 0.6 is 15.6 Å². The molecule has 0 aromatic carbocycles. The molecule has 17 nitrogen and oxygen atoms in total. The van der Waals surface area contributed by atoms with Crippen molar-refractivity contribution in [3.63, 3.8) is 0 Å². The van der Waals surface area contributed by atoms with Crippen molar-refractivity contribution in [2.45, 2.75) is 310 Å². The molecule has 0 bridgehead atoms. The zero-order valence-corrected chi connectivity index (χ0v) is 52.4. The number of carbonyl (C=O) groups is 4. The van der Waals surface area contributed by atoms with Gasteiger partial charge in [-0.25, -0.2) is 9.13 Å². The first-order chi connectivity index (χ1) is 37.9. The summed E-state index contributed by atoms with van der Waals surface area (Å²) in [6.45, 7) is 9.39. The van der Waals surface area contributed by atoms with E-state index in [9.17, 15) is 43.2 Å². The predicted molar refractivity (Wildman–Crippen MR) is 312 cm³/mol. The van der Waals surface area contributed by atoms with E-state index in [0.717, 1.165) is 121 Å². The Bertz CT molecular complexity index is 1570. The third kappa shape index (κ3) is 52.6. The lowest BCUT2D eigenvalue weighted by Gasteiger charge is -2.21. The fourth-order valence-electron chi connectivity index (χ4n) is 8.76. The average Bonchev–Trinajstić information content (AvgIpc) is 3.42. The second kappa shape index (κ2) is 52.8. The minimum Gasteiger partial charge on any atom is -0.462 e. The maximum absolute atomic E-state index is 12.9. The quantitative estimate of drug-likeness (QED) is 0.0222. The molecule has 468 valence electrons. The number of ether oxygens (including phenoxy) is 4. The number of hydrogen-bond donors (Lipinski definition) is 3. The van der Waals surface area contributed by atoms with Crippen LogP contribution in [-0.2, 0) is 65.4 Å². The van der Waals surface area contributed by atoms with Crippen LogP contribution in [0.4, 0.5) is 0 Å². The summed E-state index contributed by atoms with van der Waals surface area (Å²) < 4.78 is 67.7. The van der Waals surface area contributed by atoms with Gasteiger partial charge in [0.2, 0.25) is 0 Å². The second-order valence-electron chi connectivity index (χ2n) is 22.2. The number of esters is 4. The normalized spacial score (nSPS) is 15.1. The van der Waals surface area contributed by atoms with Crippen LogP contribution in [-0.4, -0.2) is 96.7 Å². The van der Waals surface area contributed by atoms with Crippen LogP contribution in [0.15, 0.2) is 0 Å². The van der Waals surface area contributed by atoms with E-state index in [1.54, 1.807) is 0 Å². The third-order valence-corrected chi connectivity index (χ3v) is 16.3. The first kappa shape index (κ1) is 77.1. The van der Waals surface area contributed by atoms with Gasteiger partial charge < -0.3 is 33.8 Å². The highest BCUT2D eigenvalue weighted by molar-refractivity contribution is 7.47. The zero-order chi connectivity index (χ0) is 58.7. The molecule has 0 aromatic rings. The molecule has 0 aliphatic heterocycles. The van der Waals surface area contributed by atoms with Crippen molar-refractivity contribution in [1.82, 2.24) is 0 Å². The van der Waals surface area contributed by atoms with Gasteiger partial charge in [-0.1, -0.05) is 241 Å². The molecule has 0 spiro atoms. The lowest BCUT2D eigenvalue weighted by Crippen LogP contribution is -2.30.